The molecule has 3 rings (SSSR count). The van der Waals surface area contributed by atoms with Crippen LogP contribution in [0.3, 0.4) is 0 Å². The first-order valence-electron chi connectivity index (χ1n) is 4.90. The van der Waals surface area contributed by atoms with Gasteiger partial charge in [0.15, 0.2) is 0 Å². The summed E-state index contributed by atoms with van der Waals surface area (Å²) < 4.78 is 18.6. The second-order valence-electron chi connectivity index (χ2n) is 3.50. The third-order valence-corrected chi connectivity index (χ3v) is 2.40. The van der Waals surface area contributed by atoms with Crippen molar-refractivity contribution in [3.63, 3.8) is 0 Å². The summed E-state index contributed by atoms with van der Waals surface area (Å²) in [5.41, 5.74) is 2.89. The SMILES string of the molecule is Fc1c[nH]c2coc3ccccc3[nH]c-2c1. The average Bonchev–Trinajstić information content (AvgIpc) is 2.47. The van der Waals surface area contributed by atoms with Gasteiger partial charge < -0.3 is 14.4 Å². The van der Waals surface area contributed by atoms with Gasteiger partial charge in [0, 0.05) is 12.3 Å². The summed E-state index contributed by atoms with van der Waals surface area (Å²) in [6.07, 6.45) is 2.85. The summed E-state index contributed by atoms with van der Waals surface area (Å²) >= 11 is 0. The van der Waals surface area contributed by atoms with Gasteiger partial charge in [0.05, 0.1) is 16.9 Å². The van der Waals surface area contributed by atoms with Crippen molar-refractivity contribution in [2.75, 3.05) is 0 Å². The van der Waals surface area contributed by atoms with Gasteiger partial charge in [-0.3, -0.25) is 0 Å². The number of para-hydroxylation sites is 2. The molecule has 0 saturated heterocycles. The lowest BCUT2D eigenvalue weighted by Crippen LogP contribution is -1.87. The molecule has 0 atom stereocenters. The van der Waals surface area contributed by atoms with E-state index >= 15 is 0 Å². The van der Waals surface area contributed by atoms with Crippen LogP contribution in [0.15, 0.2) is 47.2 Å². The highest BCUT2D eigenvalue weighted by molar-refractivity contribution is 5.73. The van der Waals surface area contributed by atoms with Gasteiger partial charge in [-0.2, -0.15) is 0 Å². The largest absolute Gasteiger partial charge is 0.461 e. The lowest BCUT2D eigenvalue weighted by Gasteiger charge is -1.99. The minimum absolute atomic E-state index is 0.320. The zero-order valence-corrected chi connectivity index (χ0v) is 8.33. The number of benzene rings is 1. The van der Waals surface area contributed by atoms with E-state index in [4.69, 9.17) is 4.42 Å². The maximum Gasteiger partial charge on any atom is 0.150 e. The van der Waals surface area contributed by atoms with Gasteiger partial charge >= 0.3 is 0 Å². The predicted octanol–water partition coefficient (Wildman–Crippen LogP) is 3.46. The lowest BCUT2D eigenvalue weighted by molar-refractivity contribution is 0.603. The Morgan fingerprint density at radius 2 is 2.00 bits per heavy atom. The second kappa shape index (κ2) is 3.41. The number of halogens is 1. The van der Waals surface area contributed by atoms with E-state index < -0.39 is 0 Å². The van der Waals surface area contributed by atoms with Crippen LogP contribution in [0.25, 0.3) is 22.5 Å². The predicted molar refractivity (Wildman–Crippen MR) is 59.1 cm³/mol. The van der Waals surface area contributed by atoms with Crippen molar-refractivity contribution >= 4 is 11.1 Å². The van der Waals surface area contributed by atoms with Crippen LogP contribution in [0.4, 0.5) is 4.39 Å². The number of pyridine rings is 1. The van der Waals surface area contributed by atoms with Crippen LogP contribution in [-0.2, 0) is 0 Å². The van der Waals surface area contributed by atoms with Crippen molar-refractivity contribution in [1.82, 2.24) is 9.97 Å². The summed E-state index contributed by atoms with van der Waals surface area (Å²) in [6.45, 7) is 0. The highest BCUT2D eigenvalue weighted by Crippen LogP contribution is 2.20. The third-order valence-electron chi connectivity index (χ3n) is 2.40. The molecule has 0 saturated carbocycles. The van der Waals surface area contributed by atoms with E-state index in [2.05, 4.69) is 9.97 Å². The van der Waals surface area contributed by atoms with Crippen LogP contribution in [0.1, 0.15) is 0 Å². The van der Waals surface area contributed by atoms with E-state index in [0.717, 1.165) is 5.52 Å². The van der Waals surface area contributed by atoms with Gasteiger partial charge in [-0.15, -0.1) is 0 Å². The number of H-pyrrole nitrogens is 2. The molecule has 16 heavy (non-hydrogen) atoms. The molecule has 0 fully saturated rings. The van der Waals surface area contributed by atoms with Crippen LogP contribution in [0.2, 0.25) is 0 Å². The van der Waals surface area contributed by atoms with Crippen molar-refractivity contribution in [3.8, 4) is 11.4 Å². The monoisotopic (exact) mass is 216 g/mol. The zero-order chi connectivity index (χ0) is 11.0. The molecule has 0 unspecified atom stereocenters. The molecule has 4 heteroatoms. The third kappa shape index (κ3) is 1.44. The van der Waals surface area contributed by atoms with E-state index in [1.165, 1.54) is 12.3 Å². The van der Waals surface area contributed by atoms with Gasteiger partial charge in [-0.05, 0) is 12.1 Å². The van der Waals surface area contributed by atoms with Gasteiger partial charge in [0.2, 0.25) is 0 Å². The summed E-state index contributed by atoms with van der Waals surface area (Å²) in [5, 5.41) is 0. The van der Waals surface area contributed by atoms with E-state index in [-0.39, 0.29) is 5.82 Å². The molecule has 0 radical (unpaired) electrons. The molecule has 0 bridgehead atoms. The summed E-state index contributed by atoms with van der Waals surface area (Å²) in [7, 11) is 0. The second-order valence-corrected chi connectivity index (χ2v) is 3.50. The Kier molecular flexibility index (Phi) is 1.93. The number of fused-ring (bicyclic) bond motifs is 2. The molecule has 80 valence electrons. The molecule has 1 aromatic carbocycles. The molecule has 2 aliphatic heterocycles. The fraction of sp³-hybridized carbons (Fsp3) is 0. The highest BCUT2D eigenvalue weighted by atomic mass is 19.1. The Balaban J connectivity index is 2.45. The minimum atomic E-state index is -0.320. The molecule has 0 aliphatic carbocycles. The van der Waals surface area contributed by atoms with E-state index in [1.807, 2.05) is 24.3 Å². The number of rotatable bonds is 0. The van der Waals surface area contributed by atoms with Gasteiger partial charge in [0.25, 0.3) is 0 Å². The van der Waals surface area contributed by atoms with Crippen LogP contribution in [0.5, 0.6) is 0 Å². The molecule has 0 aromatic heterocycles. The Hall–Kier alpha value is -2.23. The van der Waals surface area contributed by atoms with Crippen LogP contribution >= 0.6 is 0 Å². The first kappa shape index (κ1) is 9.03. The number of nitrogens with one attached hydrogen (secondary N) is 2. The van der Waals surface area contributed by atoms with Crippen LogP contribution < -0.4 is 0 Å². The van der Waals surface area contributed by atoms with Gasteiger partial charge in [-0.25, -0.2) is 4.39 Å². The number of hydrogen-bond acceptors (Lipinski definition) is 1. The van der Waals surface area contributed by atoms with E-state index in [9.17, 15) is 4.39 Å². The van der Waals surface area contributed by atoms with Crippen molar-refractivity contribution in [3.05, 3.63) is 48.6 Å². The number of aromatic amines is 2. The van der Waals surface area contributed by atoms with Crippen molar-refractivity contribution in [2.45, 2.75) is 0 Å². The normalized spacial score (nSPS) is 10.8. The summed E-state index contributed by atoms with van der Waals surface area (Å²) in [6, 6.07) is 8.93. The van der Waals surface area contributed by atoms with Crippen molar-refractivity contribution in [2.24, 2.45) is 0 Å². The molecule has 0 amide bonds. The molecule has 2 N–H and O–H groups in total. The van der Waals surface area contributed by atoms with E-state index in [0.29, 0.717) is 17.0 Å². The van der Waals surface area contributed by atoms with E-state index in [1.54, 1.807) is 6.26 Å². The van der Waals surface area contributed by atoms with Crippen molar-refractivity contribution < 1.29 is 8.81 Å². The Morgan fingerprint density at radius 1 is 1.12 bits per heavy atom. The fourth-order valence-electron chi connectivity index (χ4n) is 1.62. The molecular formula is C12H9FN2O. The molecule has 2 aliphatic rings. The quantitative estimate of drug-likeness (QED) is 0.593. The Labute approximate surface area is 90.6 Å². The van der Waals surface area contributed by atoms with Crippen LogP contribution in [-0.4, -0.2) is 9.97 Å². The maximum atomic E-state index is 13.1. The molecule has 3 nitrogen and oxygen atoms in total. The zero-order valence-electron chi connectivity index (χ0n) is 8.33. The molecule has 1 aromatic rings. The first-order valence-corrected chi connectivity index (χ1v) is 4.90. The fourth-order valence-corrected chi connectivity index (χ4v) is 1.62. The lowest BCUT2D eigenvalue weighted by atomic mass is 10.3. The first-order chi connectivity index (χ1) is 7.83. The smallest absolute Gasteiger partial charge is 0.150 e. The van der Waals surface area contributed by atoms with Gasteiger partial charge in [-0.1, -0.05) is 12.1 Å². The van der Waals surface area contributed by atoms with Gasteiger partial charge in [0.1, 0.15) is 17.7 Å². The van der Waals surface area contributed by atoms with Crippen molar-refractivity contribution in [1.29, 1.82) is 0 Å². The topological polar surface area (TPSA) is 44.7 Å². The summed E-state index contributed by atoms with van der Waals surface area (Å²) in [4.78, 5) is 5.93. The standard InChI is InChI=1S/C12H9FN2O/c13-8-5-10-11(14-6-8)7-16-12-4-2-1-3-9(12)15-10/h1-7,14-15H. The maximum absolute atomic E-state index is 13.1. The molecule has 0 spiro atoms. The molecule has 2 heterocycles. The van der Waals surface area contributed by atoms with Crippen LogP contribution in [0, 0.1) is 5.82 Å². The Bertz CT molecular complexity index is 648. The number of aromatic nitrogens is 2. The molecular weight excluding hydrogens is 207 g/mol. The Morgan fingerprint density at radius 3 is 2.94 bits per heavy atom. The highest BCUT2D eigenvalue weighted by Gasteiger charge is 2.04. The average molecular weight is 216 g/mol. The minimum Gasteiger partial charge on any atom is -0.461 e. The number of hydrogen-bond donors (Lipinski definition) is 2. The summed E-state index contributed by atoms with van der Waals surface area (Å²) in [5.74, 6) is -0.320.